The van der Waals surface area contributed by atoms with Gasteiger partial charge < -0.3 is 20.7 Å². The van der Waals surface area contributed by atoms with Crippen LogP contribution in [-0.2, 0) is 9.59 Å². The number of ether oxygens (including phenoxy) is 1. The number of nitrogens with one attached hydrogen (secondary N) is 3. The molecule has 1 fully saturated rings. The summed E-state index contributed by atoms with van der Waals surface area (Å²) in [5.74, 6) is 0.874. The van der Waals surface area contributed by atoms with E-state index >= 15 is 0 Å². The van der Waals surface area contributed by atoms with Crippen LogP contribution < -0.4 is 20.7 Å². The van der Waals surface area contributed by atoms with Crippen molar-refractivity contribution in [2.75, 3.05) is 25.5 Å². The average Bonchev–Trinajstić information content (AvgIpc) is 2.88. The zero-order valence-corrected chi connectivity index (χ0v) is 20.5. The molecule has 0 unspecified atom stereocenters. The van der Waals surface area contributed by atoms with Crippen LogP contribution in [0.15, 0.2) is 54.6 Å². The van der Waals surface area contributed by atoms with Gasteiger partial charge in [-0.2, -0.15) is 0 Å². The highest BCUT2D eigenvalue weighted by Gasteiger charge is 2.28. The molecule has 2 atom stereocenters. The molecule has 2 aromatic carbocycles. The summed E-state index contributed by atoms with van der Waals surface area (Å²) in [5, 5.41) is 9.43. The first-order valence-electron chi connectivity index (χ1n) is 12.6. The minimum Gasteiger partial charge on any atom is -0.497 e. The normalized spacial score (nSPS) is 15.7. The molecule has 0 heterocycles. The second-order valence-corrected chi connectivity index (χ2v) is 9.12. The van der Waals surface area contributed by atoms with Gasteiger partial charge in [-0.1, -0.05) is 69.4 Å². The van der Waals surface area contributed by atoms with Crippen molar-refractivity contribution in [1.29, 1.82) is 0 Å². The lowest BCUT2D eigenvalue weighted by Gasteiger charge is -2.28. The summed E-state index contributed by atoms with van der Waals surface area (Å²) in [4.78, 5) is 26.3. The van der Waals surface area contributed by atoms with Crippen LogP contribution in [0.1, 0.15) is 63.4 Å². The molecule has 184 valence electrons. The largest absolute Gasteiger partial charge is 0.497 e. The van der Waals surface area contributed by atoms with Crippen molar-refractivity contribution in [2.24, 2.45) is 5.92 Å². The zero-order valence-electron chi connectivity index (χ0n) is 20.5. The molecular weight excluding hydrogens is 426 g/mol. The molecule has 0 spiro atoms. The van der Waals surface area contributed by atoms with Gasteiger partial charge in [-0.15, -0.1) is 0 Å². The third kappa shape index (κ3) is 7.79. The molecule has 34 heavy (non-hydrogen) atoms. The summed E-state index contributed by atoms with van der Waals surface area (Å²) in [6.07, 6.45) is 7.35. The molecule has 0 radical (unpaired) electrons. The molecule has 6 heteroatoms. The van der Waals surface area contributed by atoms with Gasteiger partial charge in [-0.25, -0.2) is 0 Å². The Hall–Kier alpha value is -3.02. The molecule has 1 aliphatic rings. The molecule has 0 aliphatic heterocycles. The number of anilines is 1. The fourth-order valence-corrected chi connectivity index (χ4v) is 4.74. The highest BCUT2D eigenvalue weighted by atomic mass is 16.5. The molecular formula is C28H39N3O3. The number of benzene rings is 2. The van der Waals surface area contributed by atoms with Crippen LogP contribution in [0.5, 0.6) is 5.75 Å². The maximum absolute atomic E-state index is 13.2. The highest BCUT2D eigenvalue weighted by molar-refractivity contribution is 5.90. The van der Waals surface area contributed by atoms with Crippen LogP contribution in [0.4, 0.5) is 5.69 Å². The summed E-state index contributed by atoms with van der Waals surface area (Å²) < 4.78 is 5.18. The van der Waals surface area contributed by atoms with Crippen molar-refractivity contribution >= 4 is 17.5 Å². The second-order valence-electron chi connectivity index (χ2n) is 9.12. The van der Waals surface area contributed by atoms with Gasteiger partial charge in [0.25, 0.3) is 0 Å². The van der Waals surface area contributed by atoms with Crippen LogP contribution in [0.25, 0.3) is 0 Å². The quantitative estimate of drug-likeness (QED) is 0.391. The molecule has 0 aromatic heterocycles. The van der Waals surface area contributed by atoms with E-state index in [4.69, 9.17) is 4.74 Å². The van der Waals surface area contributed by atoms with Crippen LogP contribution in [0, 0.1) is 5.92 Å². The van der Waals surface area contributed by atoms with Gasteiger partial charge in [-0.05, 0) is 48.6 Å². The molecule has 3 N–H and O–H groups in total. The van der Waals surface area contributed by atoms with Crippen molar-refractivity contribution < 1.29 is 14.3 Å². The lowest BCUT2D eigenvalue weighted by molar-refractivity contribution is -0.130. The Kier molecular flexibility index (Phi) is 10.3. The van der Waals surface area contributed by atoms with E-state index in [1.54, 1.807) is 7.11 Å². The molecule has 1 aliphatic carbocycles. The van der Waals surface area contributed by atoms with E-state index in [1.807, 2.05) is 61.5 Å². The standard InChI is InChI=1S/C28H39N3O3/c1-3-25(22-12-8-5-9-13-22)27(32)31-26(20-21-10-6-4-7-11-21)28(33)30-19-18-29-23-14-16-24(34-2)17-15-23/h5,8-9,12-17,21,25-26,29H,3-4,6-7,10-11,18-20H2,1-2H3,(H,30,33)(H,31,32)/t25-,26-/m0/s1. The van der Waals surface area contributed by atoms with Crippen LogP contribution in [0.2, 0.25) is 0 Å². The van der Waals surface area contributed by atoms with Gasteiger partial charge >= 0.3 is 0 Å². The topological polar surface area (TPSA) is 79.5 Å². The van der Waals surface area contributed by atoms with E-state index in [2.05, 4.69) is 16.0 Å². The van der Waals surface area contributed by atoms with Crippen LogP contribution in [-0.4, -0.2) is 38.1 Å². The van der Waals surface area contributed by atoms with Crippen molar-refractivity contribution in [3.05, 3.63) is 60.2 Å². The third-order valence-electron chi connectivity index (χ3n) is 6.70. The molecule has 2 aromatic rings. The Labute approximate surface area is 203 Å². The Bertz CT molecular complexity index is 880. The van der Waals surface area contributed by atoms with Crippen molar-refractivity contribution in [3.63, 3.8) is 0 Å². The maximum Gasteiger partial charge on any atom is 0.242 e. The fraction of sp³-hybridized carbons (Fsp3) is 0.500. The Balaban J connectivity index is 1.56. The van der Waals surface area contributed by atoms with Gasteiger partial charge in [0.1, 0.15) is 11.8 Å². The Morgan fingerprint density at radius 1 is 0.941 bits per heavy atom. The van der Waals surface area contributed by atoms with E-state index in [0.29, 0.717) is 31.8 Å². The molecule has 3 rings (SSSR count). The van der Waals surface area contributed by atoms with Crippen molar-refractivity contribution in [1.82, 2.24) is 10.6 Å². The van der Waals surface area contributed by atoms with E-state index in [1.165, 1.54) is 19.3 Å². The summed E-state index contributed by atoms with van der Waals surface area (Å²) in [6, 6.07) is 17.0. The summed E-state index contributed by atoms with van der Waals surface area (Å²) in [7, 11) is 1.64. The first-order valence-corrected chi connectivity index (χ1v) is 12.6. The smallest absolute Gasteiger partial charge is 0.242 e. The van der Waals surface area contributed by atoms with Gasteiger partial charge in [-0.3, -0.25) is 9.59 Å². The minimum absolute atomic E-state index is 0.0685. The van der Waals surface area contributed by atoms with E-state index in [-0.39, 0.29) is 17.7 Å². The predicted octanol–water partition coefficient (Wildman–Crippen LogP) is 4.87. The van der Waals surface area contributed by atoms with Crippen molar-refractivity contribution in [2.45, 2.75) is 63.8 Å². The van der Waals surface area contributed by atoms with Gasteiger partial charge in [0.05, 0.1) is 13.0 Å². The first kappa shape index (κ1) is 25.6. The first-order chi connectivity index (χ1) is 16.6. The zero-order chi connectivity index (χ0) is 24.2. The van der Waals surface area contributed by atoms with E-state index in [0.717, 1.165) is 29.8 Å². The predicted molar refractivity (Wildman–Crippen MR) is 137 cm³/mol. The minimum atomic E-state index is -0.505. The Morgan fingerprint density at radius 2 is 1.65 bits per heavy atom. The summed E-state index contributed by atoms with van der Waals surface area (Å²) >= 11 is 0. The van der Waals surface area contributed by atoms with Crippen LogP contribution in [0.3, 0.4) is 0 Å². The highest BCUT2D eigenvalue weighted by Crippen LogP contribution is 2.28. The maximum atomic E-state index is 13.2. The number of rotatable bonds is 12. The van der Waals surface area contributed by atoms with Crippen molar-refractivity contribution in [3.8, 4) is 5.75 Å². The molecule has 1 saturated carbocycles. The number of amides is 2. The second kappa shape index (κ2) is 13.6. The van der Waals surface area contributed by atoms with E-state index < -0.39 is 6.04 Å². The number of carbonyl (C=O) groups excluding carboxylic acids is 2. The number of hydrogen-bond acceptors (Lipinski definition) is 4. The molecule has 0 saturated heterocycles. The lowest BCUT2D eigenvalue weighted by atomic mass is 9.84. The van der Waals surface area contributed by atoms with Gasteiger partial charge in [0.15, 0.2) is 0 Å². The van der Waals surface area contributed by atoms with Gasteiger partial charge in [0.2, 0.25) is 11.8 Å². The molecule has 6 nitrogen and oxygen atoms in total. The number of carbonyl (C=O) groups is 2. The van der Waals surface area contributed by atoms with E-state index in [9.17, 15) is 9.59 Å². The summed E-state index contributed by atoms with van der Waals surface area (Å²) in [6.45, 7) is 3.10. The molecule has 0 bridgehead atoms. The number of hydrogen-bond donors (Lipinski definition) is 3. The van der Waals surface area contributed by atoms with Gasteiger partial charge in [0, 0.05) is 18.8 Å². The average molecular weight is 466 g/mol. The molecule has 2 amide bonds. The lowest BCUT2D eigenvalue weighted by Crippen LogP contribution is -2.49. The fourth-order valence-electron chi connectivity index (χ4n) is 4.74. The SMILES string of the molecule is CC[C@H](C(=O)N[C@@H](CC1CCCCC1)C(=O)NCCNc1ccc(OC)cc1)c1ccccc1. The Morgan fingerprint density at radius 3 is 2.29 bits per heavy atom. The summed E-state index contributed by atoms with van der Waals surface area (Å²) in [5.41, 5.74) is 1.96. The third-order valence-corrected chi connectivity index (χ3v) is 6.70. The monoisotopic (exact) mass is 465 g/mol. The number of methoxy groups -OCH3 is 1. The van der Waals surface area contributed by atoms with Crippen LogP contribution >= 0.6 is 0 Å².